The molecule has 5 heteroatoms. The van der Waals surface area contributed by atoms with Gasteiger partial charge in [0.25, 0.3) is 6.43 Å². The molecule has 0 amide bonds. The Morgan fingerprint density at radius 1 is 1.38 bits per heavy atom. The molecule has 0 bridgehead atoms. The summed E-state index contributed by atoms with van der Waals surface area (Å²) in [6, 6.07) is 2.04. The molecule has 1 aromatic carbocycles. The minimum atomic E-state index is -2.74. The highest BCUT2D eigenvalue weighted by Gasteiger charge is 2.18. The maximum atomic E-state index is 13.1. The van der Waals surface area contributed by atoms with Crippen LogP contribution in [-0.2, 0) is 6.42 Å². The van der Waals surface area contributed by atoms with Crippen LogP contribution in [0.25, 0.3) is 0 Å². The number of alkyl halides is 2. The van der Waals surface area contributed by atoms with Crippen molar-refractivity contribution in [3.05, 3.63) is 29.1 Å². The average molecular weight is 233 g/mol. The fourth-order valence-corrected chi connectivity index (χ4v) is 1.53. The Kier molecular flexibility index (Phi) is 4.61. The molecule has 1 rings (SSSR count). The molecule has 2 nitrogen and oxygen atoms in total. The third-order valence-corrected chi connectivity index (χ3v) is 2.24. The van der Waals surface area contributed by atoms with Gasteiger partial charge < -0.3 is 10.1 Å². The highest BCUT2D eigenvalue weighted by atomic mass is 19.3. The molecule has 0 atom stereocenters. The number of benzene rings is 1. The Morgan fingerprint density at radius 2 is 2.06 bits per heavy atom. The summed E-state index contributed by atoms with van der Waals surface area (Å²) in [4.78, 5) is 0. The molecule has 0 radical (unpaired) electrons. The zero-order valence-corrected chi connectivity index (χ0v) is 9.19. The molecule has 0 unspecified atom stereocenters. The smallest absolute Gasteiger partial charge is 0.267 e. The molecule has 0 fully saturated rings. The zero-order chi connectivity index (χ0) is 12.1. The van der Waals surface area contributed by atoms with E-state index in [0.717, 1.165) is 6.07 Å². The first kappa shape index (κ1) is 12.8. The lowest BCUT2D eigenvalue weighted by atomic mass is 10.1. The summed E-state index contributed by atoms with van der Waals surface area (Å²) in [5, 5.41) is 2.87. The van der Waals surface area contributed by atoms with Gasteiger partial charge in [0.1, 0.15) is 11.6 Å². The fourth-order valence-electron chi connectivity index (χ4n) is 1.53. The summed E-state index contributed by atoms with van der Waals surface area (Å²) in [7, 11) is 3.04. The number of hydrogen-bond donors (Lipinski definition) is 1. The Bertz CT molecular complexity index is 355. The molecule has 16 heavy (non-hydrogen) atoms. The molecule has 0 heterocycles. The SMILES string of the molecule is CNCCc1cc(F)cc(C(F)F)c1OC. The number of likely N-dealkylation sites (N-methyl/N-ethyl adjacent to an activating group) is 1. The van der Waals surface area contributed by atoms with Gasteiger partial charge in [-0.15, -0.1) is 0 Å². The molecule has 0 aliphatic carbocycles. The summed E-state index contributed by atoms with van der Waals surface area (Å²) in [5.74, 6) is -0.589. The molecule has 0 aliphatic heterocycles. The van der Waals surface area contributed by atoms with Gasteiger partial charge in [0.05, 0.1) is 12.7 Å². The average Bonchev–Trinajstić information content (AvgIpc) is 2.25. The maximum absolute atomic E-state index is 13.1. The second kappa shape index (κ2) is 5.75. The Hall–Kier alpha value is -1.23. The third kappa shape index (κ3) is 2.88. The lowest BCUT2D eigenvalue weighted by Crippen LogP contribution is -2.12. The number of halogens is 3. The second-order valence-electron chi connectivity index (χ2n) is 3.34. The van der Waals surface area contributed by atoms with Crippen LogP contribution >= 0.6 is 0 Å². The van der Waals surface area contributed by atoms with Gasteiger partial charge in [-0.05, 0) is 37.7 Å². The number of methoxy groups -OCH3 is 1. The second-order valence-corrected chi connectivity index (χ2v) is 3.34. The van der Waals surface area contributed by atoms with Crippen LogP contribution in [0.4, 0.5) is 13.2 Å². The molecule has 0 spiro atoms. The Balaban J connectivity index is 3.14. The first-order valence-corrected chi connectivity index (χ1v) is 4.89. The highest BCUT2D eigenvalue weighted by molar-refractivity contribution is 5.43. The van der Waals surface area contributed by atoms with E-state index in [1.165, 1.54) is 13.2 Å². The van der Waals surface area contributed by atoms with Gasteiger partial charge in [-0.25, -0.2) is 13.2 Å². The van der Waals surface area contributed by atoms with Gasteiger partial charge in [0, 0.05) is 0 Å². The van der Waals surface area contributed by atoms with Crippen molar-refractivity contribution in [1.82, 2.24) is 5.32 Å². The van der Waals surface area contributed by atoms with Crippen molar-refractivity contribution in [3.8, 4) is 5.75 Å². The van der Waals surface area contributed by atoms with Crippen LogP contribution in [0.3, 0.4) is 0 Å². The Morgan fingerprint density at radius 3 is 2.56 bits per heavy atom. The molecule has 1 aromatic rings. The van der Waals surface area contributed by atoms with Crippen molar-refractivity contribution in [3.63, 3.8) is 0 Å². The highest BCUT2D eigenvalue weighted by Crippen LogP contribution is 2.33. The normalized spacial score (nSPS) is 10.9. The lowest BCUT2D eigenvalue weighted by molar-refractivity contribution is 0.146. The quantitative estimate of drug-likeness (QED) is 0.843. The zero-order valence-electron chi connectivity index (χ0n) is 9.19. The van der Waals surface area contributed by atoms with E-state index in [4.69, 9.17) is 4.74 Å². The minimum absolute atomic E-state index is 0.0756. The maximum Gasteiger partial charge on any atom is 0.267 e. The molecular formula is C11H14F3NO. The summed E-state index contributed by atoms with van der Waals surface area (Å²) in [5.41, 5.74) is 0.0563. The van der Waals surface area contributed by atoms with Crippen molar-refractivity contribution in [1.29, 1.82) is 0 Å². The van der Waals surface area contributed by atoms with Crippen molar-refractivity contribution in [2.45, 2.75) is 12.8 Å². The van der Waals surface area contributed by atoms with E-state index in [1.807, 2.05) is 0 Å². The van der Waals surface area contributed by atoms with Crippen LogP contribution in [0.15, 0.2) is 12.1 Å². The first-order valence-electron chi connectivity index (χ1n) is 4.89. The largest absolute Gasteiger partial charge is 0.496 e. The van der Waals surface area contributed by atoms with Gasteiger partial charge in [0.15, 0.2) is 0 Å². The molecule has 0 saturated carbocycles. The molecule has 90 valence electrons. The molecule has 1 N–H and O–H groups in total. The van der Waals surface area contributed by atoms with Crippen LogP contribution in [0.1, 0.15) is 17.6 Å². The summed E-state index contributed by atoms with van der Waals surface area (Å²) < 4.78 is 43.3. The third-order valence-electron chi connectivity index (χ3n) is 2.24. The molecule has 0 aromatic heterocycles. The van der Waals surface area contributed by atoms with E-state index in [1.54, 1.807) is 7.05 Å². The molecule has 0 aliphatic rings. The molecular weight excluding hydrogens is 219 g/mol. The van der Waals surface area contributed by atoms with Gasteiger partial charge >= 0.3 is 0 Å². The minimum Gasteiger partial charge on any atom is -0.496 e. The van der Waals surface area contributed by atoms with Gasteiger partial charge in [0.2, 0.25) is 0 Å². The number of rotatable bonds is 5. The topological polar surface area (TPSA) is 21.3 Å². The fraction of sp³-hybridized carbons (Fsp3) is 0.455. The number of nitrogens with one attached hydrogen (secondary N) is 1. The van der Waals surface area contributed by atoms with Gasteiger partial charge in [-0.3, -0.25) is 0 Å². The van der Waals surface area contributed by atoms with Crippen molar-refractivity contribution >= 4 is 0 Å². The first-order chi connectivity index (χ1) is 7.60. The van der Waals surface area contributed by atoms with Crippen molar-refractivity contribution in [2.75, 3.05) is 20.7 Å². The van der Waals surface area contributed by atoms with E-state index in [2.05, 4.69) is 5.32 Å². The summed E-state index contributed by atoms with van der Waals surface area (Å²) in [6.45, 7) is 0.572. The molecule has 0 saturated heterocycles. The predicted octanol–water partition coefficient (Wildman–Crippen LogP) is 2.53. The number of ether oxygens (including phenoxy) is 1. The van der Waals surface area contributed by atoms with E-state index >= 15 is 0 Å². The van der Waals surface area contributed by atoms with E-state index in [9.17, 15) is 13.2 Å². The van der Waals surface area contributed by atoms with Crippen LogP contribution < -0.4 is 10.1 Å². The monoisotopic (exact) mass is 233 g/mol. The predicted molar refractivity (Wildman–Crippen MR) is 55.5 cm³/mol. The van der Waals surface area contributed by atoms with E-state index in [-0.39, 0.29) is 5.75 Å². The van der Waals surface area contributed by atoms with Crippen LogP contribution in [-0.4, -0.2) is 20.7 Å². The van der Waals surface area contributed by atoms with E-state index < -0.39 is 17.8 Å². The standard InChI is InChI=1S/C11H14F3NO/c1-15-4-3-7-5-8(12)6-9(11(13)14)10(7)16-2/h5-6,11,15H,3-4H2,1-2H3. The van der Waals surface area contributed by atoms with Gasteiger partial charge in [-0.2, -0.15) is 0 Å². The number of hydrogen-bond acceptors (Lipinski definition) is 2. The van der Waals surface area contributed by atoms with Gasteiger partial charge in [-0.1, -0.05) is 0 Å². The van der Waals surface area contributed by atoms with Crippen LogP contribution in [0.2, 0.25) is 0 Å². The Labute approximate surface area is 92.4 Å². The summed E-state index contributed by atoms with van der Waals surface area (Å²) in [6.07, 6.45) is -2.30. The van der Waals surface area contributed by atoms with Crippen molar-refractivity contribution < 1.29 is 17.9 Å². The van der Waals surface area contributed by atoms with Crippen molar-refractivity contribution in [2.24, 2.45) is 0 Å². The van der Waals surface area contributed by atoms with Crippen LogP contribution in [0.5, 0.6) is 5.75 Å². The van der Waals surface area contributed by atoms with Crippen LogP contribution in [0, 0.1) is 5.82 Å². The lowest BCUT2D eigenvalue weighted by Gasteiger charge is -2.13. The summed E-state index contributed by atoms with van der Waals surface area (Å²) >= 11 is 0. The van der Waals surface area contributed by atoms with E-state index in [0.29, 0.717) is 18.5 Å².